The van der Waals surface area contributed by atoms with E-state index in [0.29, 0.717) is 41.8 Å². The summed E-state index contributed by atoms with van der Waals surface area (Å²) in [6.45, 7) is 1.87. The number of aromatic nitrogens is 2. The van der Waals surface area contributed by atoms with Crippen molar-refractivity contribution in [3.63, 3.8) is 0 Å². The number of carbonyl (C=O) groups excluding carboxylic acids is 4. The van der Waals surface area contributed by atoms with E-state index in [9.17, 15) is 23.6 Å². The molecule has 1 aliphatic heterocycles. The zero-order chi connectivity index (χ0) is 33.2. The minimum atomic E-state index is -0.846. The summed E-state index contributed by atoms with van der Waals surface area (Å²) in [6, 6.07) is 15.1. The van der Waals surface area contributed by atoms with Crippen LogP contribution in [-0.4, -0.2) is 64.3 Å². The van der Waals surface area contributed by atoms with Gasteiger partial charge in [-0.15, -0.1) is 0 Å². The number of benzene rings is 2. The van der Waals surface area contributed by atoms with Crippen molar-refractivity contribution in [3.05, 3.63) is 112 Å². The van der Waals surface area contributed by atoms with Crippen molar-refractivity contribution in [2.75, 3.05) is 18.5 Å². The minimum absolute atomic E-state index is 0.0814. The minimum Gasteiger partial charge on any atom is -0.459 e. The Hall–Kier alpha value is -5.16. The lowest BCUT2D eigenvalue weighted by Crippen LogP contribution is -2.45. The summed E-state index contributed by atoms with van der Waals surface area (Å²) in [5.74, 6) is -2.19. The fraction of sp³-hybridized carbons (Fsp3) is 0.257. The zero-order valence-corrected chi connectivity index (χ0v) is 26.4. The molecule has 0 saturated heterocycles. The maximum atomic E-state index is 14.8. The Morgan fingerprint density at radius 2 is 1.77 bits per heavy atom. The predicted octanol–water partition coefficient (Wildman–Crippen LogP) is 5.31. The SMILES string of the molecule is C[C@@H]1C(=O)N(C)c2cc(-c3ccncc3)ccc2C(=O)N1Cc1cc(F)cc(C(=O)NC[C@H]2C[C@@H](OC(=O)c3ccc(Cl)nc3)C2)c1. The maximum absolute atomic E-state index is 14.8. The van der Waals surface area contributed by atoms with Crippen LogP contribution in [0.15, 0.2) is 79.3 Å². The Morgan fingerprint density at radius 1 is 1.00 bits per heavy atom. The molecule has 10 nitrogen and oxygen atoms in total. The van der Waals surface area contributed by atoms with Crippen LogP contribution in [0.4, 0.5) is 10.1 Å². The first-order valence-corrected chi connectivity index (χ1v) is 15.5. The molecule has 12 heteroatoms. The molecule has 0 radical (unpaired) electrons. The Bertz CT molecular complexity index is 1850. The van der Waals surface area contributed by atoms with E-state index < -0.39 is 23.7 Å². The van der Waals surface area contributed by atoms with Crippen LogP contribution in [0.5, 0.6) is 0 Å². The van der Waals surface area contributed by atoms with Gasteiger partial charge in [0.05, 0.1) is 16.8 Å². The number of amides is 3. The van der Waals surface area contributed by atoms with Crippen LogP contribution in [0.3, 0.4) is 0 Å². The molecule has 240 valence electrons. The first-order chi connectivity index (χ1) is 22.6. The van der Waals surface area contributed by atoms with E-state index in [4.69, 9.17) is 16.3 Å². The number of pyridine rings is 2. The smallest absolute Gasteiger partial charge is 0.339 e. The molecule has 0 unspecified atom stereocenters. The van der Waals surface area contributed by atoms with Gasteiger partial charge in [-0.25, -0.2) is 14.2 Å². The third-order valence-corrected chi connectivity index (χ3v) is 8.80. The highest BCUT2D eigenvalue weighted by Gasteiger charge is 2.36. The second-order valence-corrected chi connectivity index (χ2v) is 12.2. The molecule has 1 N–H and O–H groups in total. The third kappa shape index (κ3) is 6.85. The summed E-state index contributed by atoms with van der Waals surface area (Å²) in [6.07, 6.45) is 5.57. The van der Waals surface area contributed by atoms with Gasteiger partial charge >= 0.3 is 5.97 Å². The van der Waals surface area contributed by atoms with Crippen molar-refractivity contribution < 1.29 is 28.3 Å². The van der Waals surface area contributed by atoms with Gasteiger partial charge in [-0.2, -0.15) is 0 Å². The van der Waals surface area contributed by atoms with E-state index in [1.807, 2.05) is 18.2 Å². The standard InChI is InChI=1S/C35H31ClFN5O5/c1-20-33(44)41(2)30-16-24(23-7-9-38-10-8-23)3-5-29(30)34(45)42(20)19-22-11-26(15-27(37)12-22)32(43)40-17-21-13-28(14-21)47-35(46)25-4-6-31(36)39-18-25/h3-12,15-16,18,20-21,28H,13-14,17,19H2,1-2H3,(H,40,43)/t20-,21-,28+/m1/s1. The van der Waals surface area contributed by atoms with Crippen LogP contribution in [0.25, 0.3) is 11.1 Å². The third-order valence-electron chi connectivity index (χ3n) is 8.57. The van der Waals surface area contributed by atoms with Crippen molar-refractivity contribution in [3.8, 4) is 11.1 Å². The topological polar surface area (TPSA) is 122 Å². The molecule has 1 fully saturated rings. The number of nitrogens with zero attached hydrogens (tertiary/aromatic N) is 4. The molecule has 2 aliphatic rings. The van der Waals surface area contributed by atoms with Crippen LogP contribution in [0.1, 0.15) is 56.4 Å². The number of ether oxygens (including phenoxy) is 1. The van der Waals surface area contributed by atoms with Crippen molar-refractivity contribution >= 4 is 41.0 Å². The lowest BCUT2D eigenvalue weighted by atomic mass is 9.82. The summed E-state index contributed by atoms with van der Waals surface area (Å²) in [5, 5.41) is 3.11. The number of halogens is 2. The summed E-state index contributed by atoms with van der Waals surface area (Å²) >= 11 is 5.76. The van der Waals surface area contributed by atoms with Gasteiger partial charge in [0.25, 0.3) is 11.8 Å². The Kier molecular flexibility index (Phi) is 8.99. The molecule has 0 spiro atoms. The van der Waals surface area contributed by atoms with E-state index in [1.165, 1.54) is 34.2 Å². The van der Waals surface area contributed by atoms with Crippen LogP contribution < -0.4 is 10.2 Å². The van der Waals surface area contributed by atoms with E-state index in [-0.39, 0.29) is 41.1 Å². The predicted molar refractivity (Wildman–Crippen MR) is 172 cm³/mol. The van der Waals surface area contributed by atoms with Crippen LogP contribution in [0.2, 0.25) is 5.15 Å². The van der Waals surface area contributed by atoms with Crippen molar-refractivity contribution in [1.29, 1.82) is 0 Å². The number of rotatable bonds is 8. The van der Waals surface area contributed by atoms with Gasteiger partial charge in [0.2, 0.25) is 5.91 Å². The van der Waals surface area contributed by atoms with Gasteiger partial charge in [0, 0.05) is 44.3 Å². The molecule has 2 aromatic carbocycles. The highest BCUT2D eigenvalue weighted by atomic mass is 35.5. The average Bonchev–Trinajstić information content (AvgIpc) is 3.12. The van der Waals surface area contributed by atoms with Crippen LogP contribution in [-0.2, 0) is 16.1 Å². The Morgan fingerprint density at radius 3 is 2.49 bits per heavy atom. The van der Waals surface area contributed by atoms with Crippen molar-refractivity contribution in [2.24, 2.45) is 5.92 Å². The molecular formula is C35H31ClFN5O5. The molecule has 0 bridgehead atoms. The molecule has 1 aliphatic carbocycles. The number of fused-ring (bicyclic) bond motifs is 1. The Labute approximate surface area is 275 Å². The van der Waals surface area contributed by atoms with Crippen molar-refractivity contribution in [2.45, 2.75) is 38.5 Å². The fourth-order valence-electron chi connectivity index (χ4n) is 5.85. The van der Waals surface area contributed by atoms with E-state index in [0.717, 1.165) is 17.2 Å². The quantitative estimate of drug-likeness (QED) is 0.202. The monoisotopic (exact) mass is 655 g/mol. The molecule has 1 saturated carbocycles. The van der Waals surface area contributed by atoms with E-state index in [1.54, 1.807) is 44.6 Å². The van der Waals surface area contributed by atoms with Crippen LogP contribution in [0, 0.1) is 11.7 Å². The zero-order valence-electron chi connectivity index (χ0n) is 25.7. The first-order valence-electron chi connectivity index (χ1n) is 15.1. The number of hydrogen-bond donors (Lipinski definition) is 1. The molecule has 2 aromatic heterocycles. The molecule has 6 rings (SSSR count). The molecule has 3 heterocycles. The number of nitrogens with one attached hydrogen (secondary N) is 1. The van der Waals surface area contributed by atoms with Crippen LogP contribution >= 0.6 is 11.6 Å². The number of esters is 1. The van der Waals surface area contributed by atoms with E-state index >= 15 is 0 Å². The summed E-state index contributed by atoms with van der Waals surface area (Å²) in [4.78, 5) is 63.4. The highest BCUT2D eigenvalue weighted by molar-refractivity contribution is 6.29. The molecular weight excluding hydrogens is 625 g/mol. The largest absolute Gasteiger partial charge is 0.459 e. The normalized spacial score (nSPS) is 19.0. The summed E-state index contributed by atoms with van der Waals surface area (Å²) in [5.41, 5.74) is 3.30. The fourth-order valence-corrected chi connectivity index (χ4v) is 5.96. The number of likely N-dealkylation sites (N-methyl/N-ethyl adjacent to an activating group) is 1. The number of hydrogen-bond acceptors (Lipinski definition) is 7. The number of anilines is 1. The molecule has 1 atom stereocenters. The molecule has 47 heavy (non-hydrogen) atoms. The van der Waals surface area contributed by atoms with Gasteiger partial charge in [-0.1, -0.05) is 17.7 Å². The lowest BCUT2D eigenvalue weighted by Gasteiger charge is -2.34. The average molecular weight is 656 g/mol. The molecule has 4 aromatic rings. The van der Waals surface area contributed by atoms with Gasteiger partial charge in [-0.05, 0) is 97.0 Å². The second kappa shape index (κ2) is 13.3. The first kappa shape index (κ1) is 31.8. The van der Waals surface area contributed by atoms with Gasteiger partial charge < -0.3 is 19.9 Å². The van der Waals surface area contributed by atoms with Gasteiger partial charge in [-0.3, -0.25) is 19.4 Å². The summed E-state index contributed by atoms with van der Waals surface area (Å²) < 4.78 is 20.3. The van der Waals surface area contributed by atoms with Gasteiger partial charge in [0.1, 0.15) is 23.1 Å². The molecule has 3 amide bonds. The maximum Gasteiger partial charge on any atom is 0.339 e. The lowest BCUT2D eigenvalue weighted by molar-refractivity contribution is -0.122. The number of carbonyl (C=O) groups is 4. The van der Waals surface area contributed by atoms with E-state index in [2.05, 4.69) is 15.3 Å². The van der Waals surface area contributed by atoms with Gasteiger partial charge in [0.15, 0.2) is 0 Å². The second-order valence-electron chi connectivity index (χ2n) is 11.8. The Balaban J connectivity index is 1.10. The highest BCUT2D eigenvalue weighted by Crippen LogP contribution is 2.33. The van der Waals surface area contributed by atoms with Crippen molar-refractivity contribution in [1.82, 2.24) is 20.2 Å². The summed E-state index contributed by atoms with van der Waals surface area (Å²) in [7, 11) is 1.63.